The van der Waals surface area contributed by atoms with E-state index in [0.29, 0.717) is 12.0 Å². The number of hydrogen-bond donors (Lipinski definition) is 0. The monoisotopic (exact) mass is 232 g/mol. The van der Waals surface area contributed by atoms with Crippen molar-refractivity contribution < 1.29 is 9.59 Å². The van der Waals surface area contributed by atoms with Crippen LogP contribution in [0.15, 0.2) is 24.3 Å². The van der Waals surface area contributed by atoms with Crippen LogP contribution < -0.4 is 0 Å². The number of carbonyl (C=O) groups is 2. The van der Waals surface area contributed by atoms with Crippen LogP contribution in [0.2, 0.25) is 0 Å². The van der Waals surface area contributed by atoms with E-state index in [9.17, 15) is 9.59 Å². The highest BCUT2D eigenvalue weighted by molar-refractivity contribution is 6.07. The minimum atomic E-state index is -0.0858. The van der Waals surface area contributed by atoms with Crippen LogP contribution in [-0.4, -0.2) is 11.6 Å². The molecule has 0 radical (unpaired) electrons. The first-order valence-corrected chi connectivity index (χ1v) is 6.00. The zero-order chi connectivity index (χ0) is 13.1. The second-order valence-corrected chi connectivity index (χ2v) is 5.32. The summed E-state index contributed by atoms with van der Waals surface area (Å²) < 4.78 is 0. The molecule has 0 N–H and O–H groups in total. The Morgan fingerprint density at radius 1 is 1.06 bits per heavy atom. The summed E-state index contributed by atoms with van der Waals surface area (Å²) in [6.45, 7) is 8.16. The van der Waals surface area contributed by atoms with Gasteiger partial charge in [-0.1, -0.05) is 52.0 Å². The Labute approximate surface area is 103 Å². The Morgan fingerprint density at radius 3 is 2.00 bits per heavy atom. The van der Waals surface area contributed by atoms with E-state index in [-0.39, 0.29) is 23.4 Å². The average Bonchev–Trinajstić information content (AvgIpc) is 2.27. The molecule has 0 amide bonds. The van der Waals surface area contributed by atoms with Crippen molar-refractivity contribution in [3.05, 3.63) is 35.4 Å². The molecular weight excluding hydrogens is 212 g/mol. The maximum Gasteiger partial charge on any atom is 0.170 e. The van der Waals surface area contributed by atoms with Gasteiger partial charge in [-0.05, 0) is 11.0 Å². The molecule has 17 heavy (non-hydrogen) atoms. The zero-order valence-corrected chi connectivity index (χ0v) is 11.0. The van der Waals surface area contributed by atoms with Crippen LogP contribution in [0.5, 0.6) is 0 Å². The lowest BCUT2D eigenvalue weighted by molar-refractivity contribution is -0.117. The van der Waals surface area contributed by atoms with Gasteiger partial charge in [0.15, 0.2) is 5.78 Å². The van der Waals surface area contributed by atoms with Crippen molar-refractivity contribution in [3.63, 3.8) is 0 Å². The number of benzene rings is 1. The molecule has 0 fully saturated rings. The molecule has 0 aliphatic carbocycles. The minimum Gasteiger partial charge on any atom is -0.299 e. The Bertz CT molecular complexity index is 408. The van der Waals surface area contributed by atoms with Crippen LogP contribution >= 0.6 is 0 Å². The zero-order valence-electron chi connectivity index (χ0n) is 11.0. The Hall–Kier alpha value is -1.44. The third-order valence-electron chi connectivity index (χ3n) is 2.82. The summed E-state index contributed by atoms with van der Waals surface area (Å²) in [5.41, 5.74) is 1.90. The lowest BCUT2D eigenvalue weighted by Crippen LogP contribution is -2.12. The molecule has 0 aliphatic rings. The maximum absolute atomic E-state index is 11.8. The van der Waals surface area contributed by atoms with Gasteiger partial charge in [-0.15, -0.1) is 0 Å². The summed E-state index contributed by atoms with van der Waals surface area (Å²) in [6.07, 6.45) is 0.442. The minimum absolute atomic E-state index is 0.00472. The fourth-order valence-corrected chi connectivity index (χ4v) is 1.56. The molecule has 0 atom stereocenters. The molecule has 2 nitrogen and oxygen atoms in total. The maximum atomic E-state index is 11.8. The molecule has 0 spiro atoms. The van der Waals surface area contributed by atoms with Crippen LogP contribution in [0.3, 0.4) is 0 Å². The van der Waals surface area contributed by atoms with Crippen molar-refractivity contribution in [1.82, 2.24) is 0 Å². The smallest absolute Gasteiger partial charge is 0.170 e. The topological polar surface area (TPSA) is 34.1 Å². The fourth-order valence-electron chi connectivity index (χ4n) is 1.56. The number of rotatable bonds is 4. The molecule has 0 saturated carbocycles. The molecule has 0 aliphatic heterocycles. The molecule has 0 unspecified atom stereocenters. The predicted molar refractivity (Wildman–Crippen MR) is 69.4 cm³/mol. The molecule has 92 valence electrons. The van der Waals surface area contributed by atoms with Crippen molar-refractivity contribution in [2.45, 2.75) is 46.0 Å². The molecule has 1 rings (SSSR count). The van der Waals surface area contributed by atoms with Crippen molar-refractivity contribution in [2.75, 3.05) is 0 Å². The van der Waals surface area contributed by atoms with Gasteiger partial charge in [0.1, 0.15) is 5.78 Å². The number of ketones is 2. The van der Waals surface area contributed by atoms with Crippen molar-refractivity contribution in [2.24, 2.45) is 0 Å². The first-order chi connectivity index (χ1) is 7.84. The number of Topliss-reactive ketones (excluding diaryl/α,β-unsaturated/α-hetero) is 2. The lowest BCUT2D eigenvalue weighted by atomic mass is 9.86. The normalized spacial score (nSPS) is 11.3. The first kappa shape index (κ1) is 13.6. The first-order valence-electron chi connectivity index (χ1n) is 6.00. The van der Waals surface area contributed by atoms with Crippen molar-refractivity contribution >= 4 is 11.6 Å². The third-order valence-corrected chi connectivity index (χ3v) is 2.82. The Kier molecular flexibility index (Phi) is 4.22. The highest BCUT2D eigenvalue weighted by Gasteiger charge is 2.15. The van der Waals surface area contributed by atoms with Gasteiger partial charge >= 0.3 is 0 Å². The van der Waals surface area contributed by atoms with E-state index < -0.39 is 0 Å². The van der Waals surface area contributed by atoms with Gasteiger partial charge in [-0.2, -0.15) is 0 Å². The summed E-state index contributed by atoms with van der Waals surface area (Å²) in [4.78, 5) is 23.0. The van der Waals surface area contributed by atoms with Crippen LogP contribution in [0.25, 0.3) is 0 Å². The van der Waals surface area contributed by atoms with Crippen LogP contribution in [0, 0.1) is 0 Å². The molecule has 1 aromatic carbocycles. The molecule has 0 bridgehead atoms. The van der Waals surface area contributed by atoms with E-state index in [0.717, 1.165) is 0 Å². The molecule has 2 heteroatoms. The van der Waals surface area contributed by atoms with Crippen molar-refractivity contribution in [3.8, 4) is 0 Å². The second kappa shape index (κ2) is 5.26. The quantitative estimate of drug-likeness (QED) is 0.588. The van der Waals surface area contributed by atoms with Crippen LogP contribution in [0.1, 0.15) is 56.5 Å². The summed E-state index contributed by atoms with van der Waals surface area (Å²) in [7, 11) is 0. The van der Waals surface area contributed by atoms with Crippen molar-refractivity contribution in [1.29, 1.82) is 0 Å². The van der Waals surface area contributed by atoms with Gasteiger partial charge in [0.25, 0.3) is 0 Å². The molecular formula is C15H20O2. The van der Waals surface area contributed by atoms with E-state index in [1.54, 1.807) is 6.92 Å². The molecule has 0 heterocycles. The SMILES string of the molecule is CCC(=O)CC(=O)c1ccc(C(C)(C)C)cc1. The Morgan fingerprint density at radius 2 is 1.59 bits per heavy atom. The fraction of sp³-hybridized carbons (Fsp3) is 0.467. The highest BCUT2D eigenvalue weighted by Crippen LogP contribution is 2.22. The van der Waals surface area contributed by atoms with Gasteiger partial charge in [0.2, 0.25) is 0 Å². The Balaban J connectivity index is 2.81. The molecule has 0 aromatic heterocycles. The van der Waals surface area contributed by atoms with E-state index >= 15 is 0 Å². The summed E-state index contributed by atoms with van der Waals surface area (Å²) >= 11 is 0. The molecule has 1 aromatic rings. The predicted octanol–water partition coefficient (Wildman–Crippen LogP) is 3.54. The van der Waals surface area contributed by atoms with E-state index in [1.165, 1.54) is 5.56 Å². The van der Waals surface area contributed by atoms with E-state index in [2.05, 4.69) is 20.8 Å². The van der Waals surface area contributed by atoms with Gasteiger partial charge < -0.3 is 0 Å². The number of hydrogen-bond acceptors (Lipinski definition) is 2. The van der Waals surface area contributed by atoms with Crippen LogP contribution in [0.4, 0.5) is 0 Å². The van der Waals surface area contributed by atoms with E-state index in [4.69, 9.17) is 0 Å². The lowest BCUT2D eigenvalue weighted by Gasteiger charge is -2.18. The highest BCUT2D eigenvalue weighted by atomic mass is 16.1. The van der Waals surface area contributed by atoms with E-state index in [1.807, 2.05) is 24.3 Å². The van der Waals surface area contributed by atoms with Gasteiger partial charge in [-0.3, -0.25) is 9.59 Å². The van der Waals surface area contributed by atoms with Gasteiger partial charge in [0.05, 0.1) is 6.42 Å². The standard InChI is InChI=1S/C15H20O2/c1-5-13(16)10-14(17)11-6-8-12(9-7-11)15(2,3)4/h6-9H,5,10H2,1-4H3. The summed E-state index contributed by atoms with van der Waals surface area (Å²) in [5, 5.41) is 0. The summed E-state index contributed by atoms with van der Waals surface area (Å²) in [5.74, 6) is -0.0905. The third kappa shape index (κ3) is 3.81. The largest absolute Gasteiger partial charge is 0.299 e. The van der Waals surface area contributed by atoms with Gasteiger partial charge in [-0.25, -0.2) is 0 Å². The van der Waals surface area contributed by atoms with Crippen LogP contribution in [-0.2, 0) is 10.2 Å². The van der Waals surface area contributed by atoms with Gasteiger partial charge in [0, 0.05) is 12.0 Å². The average molecular weight is 232 g/mol. The second-order valence-electron chi connectivity index (χ2n) is 5.32. The number of carbonyl (C=O) groups excluding carboxylic acids is 2. The summed E-state index contributed by atoms with van der Waals surface area (Å²) in [6, 6.07) is 7.55. The molecule has 0 saturated heterocycles.